The summed E-state index contributed by atoms with van der Waals surface area (Å²) in [6.07, 6.45) is -5.61. The summed E-state index contributed by atoms with van der Waals surface area (Å²) in [6.45, 7) is 0. The van der Waals surface area contributed by atoms with Crippen LogP contribution in [0.15, 0.2) is 0 Å². The van der Waals surface area contributed by atoms with E-state index in [1.165, 1.54) is 0 Å². The predicted molar refractivity (Wildman–Crippen MR) is 136 cm³/mol. The van der Waals surface area contributed by atoms with Gasteiger partial charge in [0, 0.05) is 17.1 Å². The van der Waals surface area contributed by atoms with Gasteiger partial charge in [-0.15, -0.1) is 0 Å². The van der Waals surface area contributed by atoms with E-state index in [9.17, 15) is 37.9 Å². The number of phosphoric acid groups is 2. The number of phosphoric ester groups is 2. The van der Waals surface area contributed by atoms with Gasteiger partial charge in [0.1, 0.15) is 0 Å². The summed E-state index contributed by atoms with van der Waals surface area (Å²) in [5.74, 6) is -11.3. The summed E-state index contributed by atoms with van der Waals surface area (Å²) in [5, 5.41) is 51.1. The van der Waals surface area contributed by atoms with E-state index in [0.717, 1.165) is 0 Å². The second-order valence-electron chi connectivity index (χ2n) is 6.04. The van der Waals surface area contributed by atoms with E-state index in [2.05, 4.69) is 9.05 Å². The smallest absolute Gasteiger partial charge is 1.00 e. The van der Waals surface area contributed by atoms with Crippen LogP contribution < -0.4 is 0 Å². The molecule has 1 radical (unpaired) electrons. The van der Waals surface area contributed by atoms with Gasteiger partial charge in [0.25, 0.3) is 0 Å². The molecule has 20 nitrogen and oxygen atoms in total. The molecule has 0 aliphatic heterocycles. The Bertz CT molecular complexity index is 867. The number of hydrogen-bond acceptors (Lipinski definition) is 10. The van der Waals surface area contributed by atoms with Crippen LogP contribution in [-0.4, -0.2) is 286 Å². The van der Waals surface area contributed by atoms with Crippen molar-refractivity contribution in [1.82, 2.24) is 0 Å². The largest absolute Gasteiger partial charge is 2.00 e. The van der Waals surface area contributed by atoms with Crippen molar-refractivity contribution in [3.63, 3.8) is 0 Å². The summed E-state index contributed by atoms with van der Waals surface area (Å²) in [7, 11) is -10.7. The molecule has 40 heavy (non-hydrogen) atoms. The average Bonchev–Trinajstić information content (AvgIpc) is 2.48. The van der Waals surface area contributed by atoms with Gasteiger partial charge in [-0.1, -0.05) is 0 Å². The minimum atomic E-state index is -5.36. The van der Waals surface area contributed by atoms with E-state index < -0.39 is 88.3 Å². The molecule has 0 fully saturated rings. The average molecular weight is 818 g/mol. The zero-order chi connectivity index (χ0) is 27.7. The topological polar surface area (TPSA) is 357 Å². The summed E-state index contributed by atoms with van der Waals surface area (Å²) < 4.78 is 28.7. The molecule has 0 aromatic rings. The van der Waals surface area contributed by atoms with Crippen LogP contribution in [-0.2, 0) is 64.0 Å². The maximum absolute atomic E-state index is 10.8. The van der Waals surface area contributed by atoms with Crippen molar-refractivity contribution < 1.29 is 128 Å². The van der Waals surface area contributed by atoms with Gasteiger partial charge < -0.3 is 64.5 Å². The van der Waals surface area contributed by atoms with Crippen LogP contribution in [0.25, 0.3) is 0 Å². The van der Waals surface area contributed by atoms with E-state index in [0.29, 0.717) is 0 Å². The van der Waals surface area contributed by atoms with Crippen molar-refractivity contribution in [1.29, 1.82) is 0 Å². The molecule has 10 N–H and O–H groups in total. The molecular weight excluding hydrogens is 790 g/mol. The third-order valence-electron chi connectivity index (χ3n) is 3.11. The standard InChI is InChI=1S/2C6H9O10P.5Ca.Cu.10H/c2*7-3(8)1-6(5(11)12,2-4(9)10)16-17(13,14)15;;;;;;;;;;;;;;;;/h2*1-2H2,(H,7,8)(H,9,10)(H,11,12)(H2,13,14,15);;;;;;;;;;;;;;;;/q;;5*+2;;10*-1. The molecule has 0 amide bonds. The second-order valence-corrected chi connectivity index (χ2v) is 8.37. The molecular formula is C12H28Ca5CuO20P2. The van der Waals surface area contributed by atoms with Gasteiger partial charge in [0.05, 0.1) is 25.7 Å². The Hall–Kier alpha value is 3.86. The third kappa shape index (κ3) is 30.5. The van der Waals surface area contributed by atoms with Crippen LogP contribution in [0, 0.1) is 0 Å². The van der Waals surface area contributed by atoms with Gasteiger partial charge in [-0.3, -0.25) is 28.2 Å². The van der Waals surface area contributed by atoms with Gasteiger partial charge in [0.15, 0.2) is 11.2 Å². The maximum Gasteiger partial charge on any atom is 2.00 e. The van der Waals surface area contributed by atoms with Crippen molar-refractivity contribution in [2.24, 2.45) is 0 Å². The fourth-order valence-corrected chi connectivity index (χ4v) is 3.39. The molecule has 28 heteroatoms. The number of aliphatic carboxylic acids is 6. The molecule has 0 heterocycles. The Morgan fingerprint density at radius 1 is 0.500 bits per heavy atom. The molecule has 0 spiro atoms. The molecule has 0 aliphatic carbocycles. The summed E-state index contributed by atoms with van der Waals surface area (Å²) in [4.78, 5) is 97.0. The Labute approximate surface area is 398 Å². The molecule has 0 bridgehead atoms. The minimum Gasteiger partial charge on any atom is -1.00 e. The van der Waals surface area contributed by atoms with Crippen molar-refractivity contribution in [2.75, 3.05) is 0 Å². The normalized spacial score (nSPS) is 10.3. The van der Waals surface area contributed by atoms with E-state index >= 15 is 0 Å². The number of carboxylic acids is 6. The van der Waals surface area contributed by atoms with Gasteiger partial charge in [0.2, 0.25) is 0 Å². The van der Waals surface area contributed by atoms with Gasteiger partial charge in [-0.05, 0) is 0 Å². The molecule has 227 valence electrons. The molecule has 0 unspecified atom stereocenters. The predicted octanol–water partition coefficient (Wildman–Crippen LogP) is -3.04. The summed E-state index contributed by atoms with van der Waals surface area (Å²) >= 11 is 0. The molecule has 0 aromatic carbocycles. The molecule has 0 aromatic heterocycles. The quantitative estimate of drug-likeness (QED) is 0.0615. The van der Waals surface area contributed by atoms with Gasteiger partial charge >= 0.3 is 240 Å². The van der Waals surface area contributed by atoms with Crippen LogP contribution in [0.2, 0.25) is 0 Å². The fourth-order valence-electron chi connectivity index (χ4n) is 2.07. The first-order chi connectivity index (χ1) is 15.0. The minimum absolute atomic E-state index is 0. The Morgan fingerprint density at radius 2 is 0.650 bits per heavy atom. The van der Waals surface area contributed by atoms with Crippen molar-refractivity contribution in [3.05, 3.63) is 0 Å². The first kappa shape index (κ1) is 62.7. The van der Waals surface area contributed by atoms with E-state index in [4.69, 9.17) is 50.2 Å². The monoisotopic (exact) mass is 817 g/mol. The zero-order valence-electron chi connectivity index (χ0n) is 30.1. The molecule has 0 saturated carbocycles. The summed E-state index contributed by atoms with van der Waals surface area (Å²) in [6, 6.07) is 0. The zero-order valence-corrected chi connectivity index (χ0v) is 33.9. The van der Waals surface area contributed by atoms with Gasteiger partial charge in [-0.25, -0.2) is 18.7 Å². The van der Waals surface area contributed by atoms with Crippen LogP contribution in [0.5, 0.6) is 0 Å². The second kappa shape index (κ2) is 27.9. The summed E-state index contributed by atoms with van der Waals surface area (Å²) in [5.41, 5.74) is -6.03. The number of carbonyl (C=O) groups is 6. The van der Waals surface area contributed by atoms with Crippen LogP contribution in [0.4, 0.5) is 0 Å². The molecule has 0 saturated heterocycles. The van der Waals surface area contributed by atoms with E-state index in [1.807, 2.05) is 0 Å². The molecule has 0 atom stereocenters. The van der Waals surface area contributed by atoms with Gasteiger partial charge in [-0.2, -0.15) is 0 Å². The van der Waals surface area contributed by atoms with Crippen molar-refractivity contribution in [2.45, 2.75) is 36.9 Å². The number of hydrogen-bond donors (Lipinski definition) is 10. The fraction of sp³-hybridized carbons (Fsp3) is 0.500. The Morgan fingerprint density at radius 3 is 0.725 bits per heavy atom. The van der Waals surface area contributed by atoms with Crippen LogP contribution >= 0.6 is 15.6 Å². The third-order valence-corrected chi connectivity index (χ3v) is 4.29. The van der Waals surface area contributed by atoms with Crippen LogP contribution in [0.3, 0.4) is 0 Å². The van der Waals surface area contributed by atoms with E-state index in [1.54, 1.807) is 0 Å². The maximum atomic E-state index is 10.8. The van der Waals surface area contributed by atoms with Crippen LogP contribution in [0.1, 0.15) is 39.9 Å². The van der Waals surface area contributed by atoms with Crippen molar-refractivity contribution in [3.8, 4) is 0 Å². The first-order valence-corrected chi connectivity index (χ1v) is 10.9. The number of rotatable bonds is 14. The Balaban J connectivity index is -0.0000000194. The Kier molecular flexibility index (Phi) is 43.7. The SMILES string of the molecule is O=C(O)CC(CC(=O)O)(OP(=O)(O)O)C(=O)O.O=C(O)CC(CC(=O)O)(OP(=O)(O)O)C(=O)O.[Ca+2].[Ca+2].[Ca+2].[Ca+2].[Ca+2].[Cu].[H-].[H-].[H-].[H-].[H-].[H-].[H-].[H-].[H-].[H-]. The van der Waals surface area contributed by atoms with Crippen molar-refractivity contribution >= 4 is 240 Å². The number of carboxylic acid groups (broad SMARTS) is 6. The molecule has 0 aliphatic rings. The first-order valence-electron chi connectivity index (χ1n) is 7.83. The molecule has 0 rings (SSSR count). The van der Waals surface area contributed by atoms with E-state index in [-0.39, 0.29) is 220 Å².